The first kappa shape index (κ1) is 14.7. The number of carbonyl (C=O) groups is 1. The number of carbonyl (C=O) groups excluding carboxylic acids is 1. The molecule has 0 atom stereocenters. The Morgan fingerprint density at radius 1 is 1.61 bits per heavy atom. The van der Waals surface area contributed by atoms with Gasteiger partial charge in [-0.2, -0.15) is 5.26 Å². The lowest BCUT2D eigenvalue weighted by Gasteiger charge is -2.14. The number of amides is 1. The van der Waals surface area contributed by atoms with Crippen molar-refractivity contribution in [1.29, 1.82) is 5.26 Å². The number of nitriles is 1. The van der Waals surface area contributed by atoms with E-state index in [9.17, 15) is 4.79 Å². The van der Waals surface area contributed by atoms with Gasteiger partial charge in [-0.25, -0.2) is 0 Å². The molecule has 0 aliphatic rings. The zero-order valence-electron chi connectivity index (χ0n) is 10.3. The van der Waals surface area contributed by atoms with Crippen LogP contribution in [0.2, 0.25) is 0 Å². The Kier molecular flexibility index (Phi) is 6.46. The molecular formula is C10H15N5OS2. The van der Waals surface area contributed by atoms with Crippen molar-refractivity contribution >= 4 is 34.1 Å². The number of rotatable bonds is 7. The maximum Gasteiger partial charge on any atom is 0.232 e. The van der Waals surface area contributed by atoms with Gasteiger partial charge < -0.3 is 10.2 Å². The number of hydrogen-bond donors (Lipinski definition) is 1. The van der Waals surface area contributed by atoms with Gasteiger partial charge in [-0.15, -0.1) is 10.2 Å². The average molecular weight is 285 g/mol. The largest absolute Gasteiger partial charge is 0.360 e. The van der Waals surface area contributed by atoms with Crippen molar-refractivity contribution in [2.75, 3.05) is 31.2 Å². The van der Waals surface area contributed by atoms with Crippen molar-refractivity contribution in [3.8, 4) is 6.07 Å². The second-order valence-corrected chi connectivity index (χ2v) is 5.62. The van der Waals surface area contributed by atoms with E-state index in [1.165, 1.54) is 23.1 Å². The fourth-order valence-electron chi connectivity index (χ4n) is 1.07. The van der Waals surface area contributed by atoms with Crippen LogP contribution in [0.3, 0.4) is 0 Å². The highest BCUT2D eigenvalue weighted by molar-refractivity contribution is 8.01. The van der Waals surface area contributed by atoms with Gasteiger partial charge in [0.15, 0.2) is 4.34 Å². The smallest absolute Gasteiger partial charge is 0.232 e. The van der Waals surface area contributed by atoms with E-state index in [1.807, 2.05) is 13.0 Å². The fourth-order valence-corrected chi connectivity index (χ4v) is 2.83. The van der Waals surface area contributed by atoms with Crippen LogP contribution in [0.4, 0.5) is 5.13 Å². The molecule has 98 valence electrons. The second kappa shape index (κ2) is 7.89. The predicted molar refractivity (Wildman–Crippen MR) is 72.7 cm³/mol. The number of thioether (sulfide) groups is 1. The summed E-state index contributed by atoms with van der Waals surface area (Å²) in [5.74, 6) is 0.318. The van der Waals surface area contributed by atoms with Crippen LogP contribution in [0, 0.1) is 11.3 Å². The van der Waals surface area contributed by atoms with Gasteiger partial charge in [-0.3, -0.25) is 4.79 Å². The highest BCUT2D eigenvalue weighted by atomic mass is 32.2. The fraction of sp³-hybridized carbons (Fsp3) is 0.600. The first-order valence-electron chi connectivity index (χ1n) is 5.48. The highest BCUT2D eigenvalue weighted by Crippen LogP contribution is 2.25. The quantitative estimate of drug-likeness (QED) is 0.763. The Balaban J connectivity index is 2.35. The van der Waals surface area contributed by atoms with Gasteiger partial charge in [-0.05, 0) is 6.92 Å². The van der Waals surface area contributed by atoms with Crippen LogP contribution in [0.25, 0.3) is 0 Å². The molecular weight excluding hydrogens is 270 g/mol. The minimum atomic E-state index is -0.00421. The van der Waals surface area contributed by atoms with Crippen LogP contribution < -0.4 is 5.32 Å². The Bertz CT molecular complexity index is 428. The van der Waals surface area contributed by atoms with Crippen LogP contribution in [0.1, 0.15) is 13.3 Å². The molecule has 6 nitrogen and oxygen atoms in total. The summed E-state index contributed by atoms with van der Waals surface area (Å²) in [5.41, 5.74) is 0. The van der Waals surface area contributed by atoms with Gasteiger partial charge in [0.2, 0.25) is 11.0 Å². The van der Waals surface area contributed by atoms with E-state index in [-0.39, 0.29) is 5.91 Å². The zero-order chi connectivity index (χ0) is 13.4. The summed E-state index contributed by atoms with van der Waals surface area (Å²) in [7, 11) is 1.70. The van der Waals surface area contributed by atoms with Crippen molar-refractivity contribution < 1.29 is 4.79 Å². The van der Waals surface area contributed by atoms with Crippen LogP contribution in [-0.2, 0) is 4.79 Å². The zero-order valence-corrected chi connectivity index (χ0v) is 12.0. The number of anilines is 1. The third kappa shape index (κ3) is 4.89. The molecule has 0 aromatic carbocycles. The van der Waals surface area contributed by atoms with Gasteiger partial charge in [0.05, 0.1) is 18.2 Å². The van der Waals surface area contributed by atoms with E-state index in [0.717, 1.165) is 16.0 Å². The molecule has 1 rings (SSSR count). The van der Waals surface area contributed by atoms with E-state index in [1.54, 1.807) is 11.9 Å². The van der Waals surface area contributed by atoms with E-state index in [0.29, 0.717) is 18.7 Å². The lowest BCUT2D eigenvalue weighted by Crippen LogP contribution is -2.29. The van der Waals surface area contributed by atoms with Crippen LogP contribution in [0.15, 0.2) is 4.34 Å². The minimum absolute atomic E-state index is 0.00421. The van der Waals surface area contributed by atoms with Gasteiger partial charge in [0.1, 0.15) is 0 Å². The first-order valence-corrected chi connectivity index (χ1v) is 7.28. The third-order valence-electron chi connectivity index (χ3n) is 2.04. The molecule has 1 N–H and O–H groups in total. The molecule has 1 amide bonds. The summed E-state index contributed by atoms with van der Waals surface area (Å²) in [4.78, 5) is 13.2. The van der Waals surface area contributed by atoms with E-state index >= 15 is 0 Å². The lowest BCUT2D eigenvalue weighted by molar-refractivity contribution is -0.127. The molecule has 1 heterocycles. The third-order valence-corrected chi connectivity index (χ3v) is 4.04. The Morgan fingerprint density at radius 3 is 3.06 bits per heavy atom. The molecule has 0 radical (unpaired) electrons. The van der Waals surface area contributed by atoms with Crippen molar-refractivity contribution in [2.24, 2.45) is 0 Å². The Morgan fingerprint density at radius 2 is 2.39 bits per heavy atom. The van der Waals surface area contributed by atoms with E-state index in [4.69, 9.17) is 5.26 Å². The molecule has 0 aliphatic carbocycles. The van der Waals surface area contributed by atoms with Gasteiger partial charge in [0, 0.05) is 20.1 Å². The van der Waals surface area contributed by atoms with Crippen LogP contribution in [0.5, 0.6) is 0 Å². The molecule has 0 saturated carbocycles. The SMILES string of the molecule is CCNc1nnc(SCC(=O)N(C)CCC#N)s1. The minimum Gasteiger partial charge on any atom is -0.360 e. The predicted octanol–water partition coefficient (Wildman–Crippen LogP) is 1.43. The molecule has 0 spiro atoms. The molecule has 1 aromatic heterocycles. The number of aromatic nitrogens is 2. The molecule has 0 aliphatic heterocycles. The average Bonchev–Trinajstić information content (AvgIpc) is 2.81. The van der Waals surface area contributed by atoms with E-state index < -0.39 is 0 Å². The van der Waals surface area contributed by atoms with Crippen molar-refractivity contribution in [1.82, 2.24) is 15.1 Å². The molecule has 18 heavy (non-hydrogen) atoms. The molecule has 8 heteroatoms. The normalized spacial score (nSPS) is 9.83. The molecule has 0 fully saturated rings. The van der Waals surface area contributed by atoms with Gasteiger partial charge >= 0.3 is 0 Å². The summed E-state index contributed by atoms with van der Waals surface area (Å²) >= 11 is 2.80. The van der Waals surface area contributed by atoms with Crippen molar-refractivity contribution in [2.45, 2.75) is 17.7 Å². The summed E-state index contributed by atoms with van der Waals surface area (Å²) in [5, 5.41) is 20.2. The van der Waals surface area contributed by atoms with Crippen molar-refractivity contribution in [3.63, 3.8) is 0 Å². The number of nitrogens with one attached hydrogen (secondary N) is 1. The Hall–Kier alpha value is -1.33. The number of nitrogens with zero attached hydrogens (tertiary/aromatic N) is 4. The summed E-state index contributed by atoms with van der Waals surface area (Å²) < 4.78 is 0.771. The van der Waals surface area contributed by atoms with E-state index in [2.05, 4.69) is 15.5 Å². The number of hydrogen-bond acceptors (Lipinski definition) is 7. The highest BCUT2D eigenvalue weighted by Gasteiger charge is 2.11. The van der Waals surface area contributed by atoms with Crippen LogP contribution in [-0.4, -0.2) is 46.9 Å². The van der Waals surface area contributed by atoms with Crippen molar-refractivity contribution in [3.05, 3.63) is 0 Å². The molecule has 0 unspecified atom stereocenters. The topological polar surface area (TPSA) is 81.9 Å². The monoisotopic (exact) mass is 285 g/mol. The lowest BCUT2D eigenvalue weighted by atomic mass is 10.4. The van der Waals surface area contributed by atoms with Gasteiger partial charge in [0.25, 0.3) is 0 Å². The van der Waals surface area contributed by atoms with Crippen LogP contribution >= 0.6 is 23.1 Å². The molecule has 0 bridgehead atoms. The first-order chi connectivity index (χ1) is 8.67. The van der Waals surface area contributed by atoms with Gasteiger partial charge in [-0.1, -0.05) is 23.1 Å². The molecule has 1 aromatic rings. The molecule has 0 saturated heterocycles. The Labute approximate surface area is 114 Å². The maximum atomic E-state index is 11.7. The maximum absolute atomic E-state index is 11.7. The standard InChI is InChI=1S/C10H15N5OS2/c1-3-12-9-13-14-10(18-9)17-7-8(16)15(2)6-4-5-11/h3-4,6-7H2,1-2H3,(H,12,13). The summed E-state index contributed by atoms with van der Waals surface area (Å²) in [6, 6.07) is 2.02. The second-order valence-electron chi connectivity index (χ2n) is 3.42. The summed E-state index contributed by atoms with van der Waals surface area (Å²) in [6.45, 7) is 3.26. The summed E-state index contributed by atoms with van der Waals surface area (Å²) in [6.07, 6.45) is 0.357.